The molecule has 122 valence electrons. The summed E-state index contributed by atoms with van der Waals surface area (Å²) in [5, 5.41) is 8.65. The minimum Gasteiger partial charge on any atom is -0.480 e. The van der Waals surface area contributed by atoms with Crippen LogP contribution in [0.3, 0.4) is 0 Å². The predicted octanol–water partition coefficient (Wildman–Crippen LogP) is 1.08. The van der Waals surface area contributed by atoms with Crippen molar-refractivity contribution in [3.63, 3.8) is 0 Å². The molecule has 0 atom stereocenters. The summed E-state index contributed by atoms with van der Waals surface area (Å²) in [6, 6.07) is -0.870. The van der Waals surface area contributed by atoms with Gasteiger partial charge in [0.15, 0.2) is 0 Å². The third kappa shape index (κ3) is 6.19. The van der Waals surface area contributed by atoms with Gasteiger partial charge in [-0.1, -0.05) is 6.92 Å². The maximum absolute atomic E-state index is 12.4. The molecule has 2 amide bonds. The van der Waals surface area contributed by atoms with E-state index in [1.165, 1.54) is 4.90 Å². The Bertz CT molecular complexity index is 368. The van der Waals surface area contributed by atoms with Gasteiger partial charge in [0.25, 0.3) is 0 Å². The van der Waals surface area contributed by atoms with Crippen LogP contribution in [-0.4, -0.2) is 83.8 Å². The molecule has 0 aromatic carbocycles. The highest BCUT2D eigenvalue weighted by Gasteiger charge is 2.36. The lowest BCUT2D eigenvalue weighted by atomic mass is 10.3. The number of aliphatic carboxylic acids is 1. The molecule has 1 aliphatic rings. The van der Waals surface area contributed by atoms with E-state index in [2.05, 4.69) is 4.90 Å². The third-order valence-electron chi connectivity index (χ3n) is 3.15. The van der Waals surface area contributed by atoms with Crippen LogP contribution in [0.2, 0.25) is 0 Å². The first-order chi connectivity index (χ1) is 9.73. The zero-order valence-electron chi connectivity index (χ0n) is 11.9. The number of carbonyl (C=O) groups is 2. The van der Waals surface area contributed by atoms with Crippen molar-refractivity contribution in [1.82, 2.24) is 14.7 Å². The summed E-state index contributed by atoms with van der Waals surface area (Å²) in [6.45, 7) is 2.21. The highest BCUT2D eigenvalue weighted by Crippen LogP contribution is 2.18. The summed E-state index contributed by atoms with van der Waals surface area (Å²) >= 11 is 0. The normalized spacial score (nSPS) is 16.9. The average Bonchev–Trinajstić information content (AvgIpc) is 2.36. The maximum Gasteiger partial charge on any atom is 0.406 e. The largest absolute Gasteiger partial charge is 0.480 e. The molecular weight excluding hydrogens is 291 g/mol. The van der Waals surface area contributed by atoms with Crippen LogP contribution in [0.15, 0.2) is 0 Å². The number of hydrogen-bond donors (Lipinski definition) is 1. The van der Waals surface area contributed by atoms with Gasteiger partial charge in [0.05, 0.1) is 0 Å². The van der Waals surface area contributed by atoms with Gasteiger partial charge in [-0.15, -0.1) is 0 Å². The van der Waals surface area contributed by atoms with E-state index in [1.807, 2.05) is 6.92 Å². The molecule has 0 unspecified atom stereocenters. The Labute approximate surface area is 121 Å². The third-order valence-corrected chi connectivity index (χ3v) is 3.15. The van der Waals surface area contributed by atoms with Crippen molar-refractivity contribution >= 4 is 12.0 Å². The molecule has 6 nitrogen and oxygen atoms in total. The van der Waals surface area contributed by atoms with E-state index in [0.29, 0.717) is 31.1 Å². The number of carboxylic acids is 1. The van der Waals surface area contributed by atoms with E-state index in [9.17, 15) is 22.8 Å². The Hall–Kier alpha value is -1.51. The molecule has 0 bridgehead atoms. The first-order valence-electron chi connectivity index (χ1n) is 6.77. The van der Waals surface area contributed by atoms with Crippen LogP contribution in [-0.2, 0) is 4.79 Å². The molecule has 0 aliphatic carbocycles. The van der Waals surface area contributed by atoms with Crippen molar-refractivity contribution in [3.8, 4) is 0 Å². The van der Waals surface area contributed by atoms with Crippen LogP contribution in [0.1, 0.15) is 13.3 Å². The molecular formula is C12H20F3N3O3. The lowest BCUT2D eigenvalue weighted by molar-refractivity contribution is -0.149. The molecule has 1 fully saturated rings. The van der Waals surface area contributed by atoms with Crippen LogP contribution >= 0.6 is 0 Å². The van der Waals surface area contributed by atoms with E-state index in [4.69, 9.17) is 5.11 Å². The second-order valence-electron chi connectivity index (χ2n) is 4.98. The highest BCUT2D eigenvalue weighted by atomic mass is 19.4. The summed E-state index contributed by atoms with van der Waals surface area (Å²) in [5.74, 6) is -1.46. The highest BCUT2D eigenvalue weighted by molar-refractivity contribution is 5.80. The smallest absolute Gasteiger partial charge is 0.406 e. The molecule has 1 aliphatic heterocycles. The van der Waals surface area contributed by atoms with Crippen molar-refractivity contribution in [2.75, 3.05) is 45.8 Å². The van der Waals surface area contributed by atoms with E-state index in [0.717, 1.165) is 13.0 Å². The molecule has 1 rings (SSSR count). The first kappa shape index (κ1) is 17.5. The number of urea groups is 1. The summed E-state index contributed by atoms with van der Waals surface area (Å²) in [6.07, 6.45) is -3.65. The molecule has 1 heterocycles. The second kappa shape index (κ2) is 7.48. The molecule has 1 saturated heterocycles. The SMILES string of the molecule is CCCN1CCN(C(=O)N(CC(=O)O)CC(F)(F)F)CC1. The molecule has 9 heteroatoms. The number of nitrogens with zero attached hydrogens (tertiary/aromatic N) is 3. The van der Waals surface area contributed by atoms with E-state index >= 15 is 0 Å². The Kier molecular flexibility index (Phi) is 6.25. The number of hydrogen-bond acceptors (Lipinski definition) is 3. The summed E-state index contributed by atoms with van der Waals surface area (Å²) in [5.41, 5.74) is 0. The lowest BCUT2D eigenvalue weighted by Crippen LogP contribution is -2.55. The molecule has 0 aromatic rings. The minimum atomic E-state index is -4.62. The zero-order valence-corrected chi connectivity index (χ0v) is 11.9. The van der Waals surface area contributed by atoms with Crippen molar-refractivity contribution in [2.45, 2.75) is 19.5 Å². The van der Waals surface area contributed by atoms with Gasteiger partial charge >= 0.3 is 18.2 Å². The molecule has 21 heavy (non-hydrogen) atoms. The minimum absolute atomic E-state index is 0.312. The molecule has 0 radical (unpaired) electrons. The fourth-order valence-electron chi connectivity index (χ4n) is 2.25. The number of alkyl halides is 3. The number of halogens is 3. The van der Waals surface area contributed by atoms with Gasteiger partial charge in [-0.3, -0.25) is 9.69 Å². The van der Waals surface area contributed by atoms with Gasteiger partial charge < -0.3 is 14.9 Å². The van der Waals surface area contributed by atoms with Crippen LogP contribution in [0.25, 0.3) is 0 Å². The topological polar surface area (TPSA) is 64.1 Å². The number of rotatable bonds is 5. The number of carboxylic acid groups (broad SMARTS) is 1. The van der Waals surface area contributed by atoms with Gasteiger partial charge in [-0.05, 0) is 13.0 Å². The summed E-state index contributed by atoms with van der Waals surface area (Å²) in [7, 11) is 0. The van der Waals surface area contributed by atoms with E-state index < -0.39 is 31.3 Å². The van der Waals surface area contributed by atoms with Crippen molar-refractivity contribution in [2.24, 2.45) is 0 Å². The zero-order chi connectivity index (χ0) is 16.0. The standard InChI is InChI=1S/C12H20F3N3O3/c1-2-3-16-4-6-17(7-5-16)11(21)18(8-10(19)20)9-12(13,14)15/h2-9H2,1H3,(H,19,20). The van der Waals surface area contributed by atoms with Crippen LogP contribution in [0.4, 0.5) is 18.0 Å². The van der Waals surface area contributed by atoms with Gasteiger partial charge in [-0.25, -0.2) is 4.79 Å². The lowest BCUT2D eigenvalue weighted by Gasteiger charge is -2.37. The fraction of sp³-hybridized carbons (Fsp3) is 0.833. The summed E-state index contributed by atoms with van der Waals surface area (Å²) < 4.78 is 37.3. The van der Waals surface area contributed by atoms with Crippen molar-refractivity contribution < 1.29 is 27.9 Å². The van der Waals surface area contributed by atoms with Gasteiger partial charge in [0, 0.05) is 26.2 Å². The van der Waals surface area contributed by atoms with Crippen LogP contribution in [0.5, 0.6) is 0 Å². The quantitative estimate of drug-likeness (QED) is 0.825. The predicted molar refractivity (Wildman–Crippen MR) is 69.0 cm³/mol. The fourth-order valence-corrected chi connectivity index (χ4v) is 2.25. The molecule has 1 N–H and O–H groups in total. The first-order valence-corrected chi connectivity index (χ1v) is 6.77. The van der Waals surface area contributed by atoms with Gasteiger partial charge in [0.2, 0.25) is 0 Å². The monoisotopic (exact) mass is 311 g/mol. The Balaban J connectivity index is 2.62. The number of amides is 2. The second-order valence-corrected chi connectivity index (χ2v) is 4.98. The number of piperazine rings is 1. The van der Waals surface area contributed by atoms with E-state index in [-0.39, 0.29) is 0 Å². The summed E-state index contributed by atoms with van der Waals surface area (Å²) in [4.78, 5) is 26.4. The number of carbonyl (C=O) groups excluding carboxylic acids is 1. The van der Waals surface area contributed by atoms with Crippen LogP contribution < -0.4 is 0 Å². The van der Waals surface area contributed by atoms with E-state index in [1.54, 1.807) is 0 Å². The average molecular weight is 311 g/mol. The maximum atomic E-state index is 12.4. The molecule has 0 spiro atoms. The Morgan fingerprint density at radius 1 is 1.19 bits per heavy atom. The van der Waals surface area contributed by atoms with Gasteiger partial charge in [0.1, 0.15) is 13.1 Å². The Morgan fingerprint density at radius 2 is 1.76 bits per heavy atom. The molecule has 0 saturated carbocycles. The molecule has 0 aromatic heterocycles. The van der Waals surface area contributed by atoms with Crippen LogP contribution in [0, 0.1) is 0 Å². The van der Waals surface area contributed by atoms with Crippen molar-refractivity contribution in [1.29, 1.82) is 0 Å². The van der Waals surface area contributed by atoms with Crippen molar-refractivity contribution in [3.05, 3.63) is 0 Å². The Morgan fingerprint density at radius 3 is 2.19 bits per heavy atom. The van der Waals surface area contributed by atoms with Gasteiger partial charge in [-0.2, -0.15) is 13.2 Å².